The van der Waals surface area contributed by atoms with Gasteiger partial charge in [-0.05, 0) is 50.9 Å². The zero-order valence-corrected chi connectivity index (χ0v) is 16.2. The van der Waals surface area contributed by atoms with Gasteiger partial charge in [0.1, 0.15) is 0 Å². The molecule has 4 rings (SSSR count). The van der Waals surface area contributed by atoms with E-state index in [0.29, 0.717) is 6.54 Å². The van der Waals surface area contributed by atoms with Crippen molar-refractivity contribution in [3.63, 3.8) is 0 Å². The van der Waals surface area contributed by atoms with E-state index in [9.17, 15) is 4.79 Å². The Kier molecular flexibility index (Phi) is 5.07. The van der Waals surface area contributed by atoms with Gasteiger partial charge in [0.2, 0.25) is 5.91 Å². The number of amides is 1. The summed E-state index contributed by atoms with van der Waals surface area (Å²) < 4.78 is 5.67. The molecule has 5 nitrogen and oxygen atoms in total. The fraction of sp³-hybridized carbons (Fsp3) is 0.500. The largest absolute Gasteiger partial charge is 0.377 e. The highest BCUT2D eigenvalue weighted by atomic mass is 32.1. The highest BCUT2D eigenvalue weighted by molar-refractivity contribution is 7.09. The molecule has 0 bridgehead atoms. The van der Waals surface area contributed by atoms with E-state index in [1.807, 2.05) is 18.9 Å². The average molecular weight is 372 g/mol. The Bertz CT molecular complexity index is 798. The number of fused-ring (bicyclic) bond motifs is 1. The average Bonchev–Trinajstić information content (AvgIpc) is 3.34. The van der Waals surface area contributed by atoms with Crippen molar-refractivity contribution < 1.29 is 9.53 Å². The van der Waals surface area contributed by atoms with E-state index in [1.54, 1.807) is 11.3 Å². The first-order valence-electron chi connectivity index (χ1n) is 9.26. The van der Waals surface area contributed by atoms with Gasteiger partial charge in [-0.3, -0.25) is 9.69 Å². The first-order valence-corrected chi connectivity index (χ1v) is 10.1. The number of anilines is 1. The molecule has 1 unspecified atom stereocenters. The lowest BCUT2D eigenvalue weighted by Crippen LogP contribution is -2.40. The molecule has 1 saturated heterocycles. The summed E-state index contributed by atoms with van der Waals surface area (Å²) in [5, 5.41) is 3.17. The Hall–Kier alpha value is -1.76. The third-order valence-electron chi connectivity index (χ3n) is 5.14. The van der Waals surface area contributed by atoms with E-state index < -0.39 is 0 Å². The van der Waals surface area contributed by atoms with Crippen LogP contribution in [-0.4, -0.2) is 55.2 Å². The summed E-state index contributed by atoms with van der Waals surface area (Å²) in [7, 11) is 2.00. The van der Waals surface area contributed by atoms with Gasteiger partial charge in [-0.15, -0.1) is 11.3 Å². The Morgan fingerprint density at radius 1 is 1.46 bits per heavy atom. The van der Waals surface area contributed by atoms with Crippen LogP contribution in [0.1, 0.15) is 23.4 Å². The van der Waals surface area contributed by atoms with Crippen molar-refractivity contribution in [3.8, 4) is 11.3 Å². The van der Waals surface area contributed by atoms with Crippen molar-refractivity contribution in [1.82, 2.24) is 9.88 Å². The molecule has 6 heteroatoms. The Balaban J connectivity index is 1.42. The number of ether oxygens (including phenoxy) is 1. The van der Waals surface area contributed by atoms with Crippen LogP contribution in [0.4, 0.5) is 5.69 Å². The molecule has 2 aromatic rings. The number of carbonyl (C=O) groups excluding carboxylic acids is 1. The number of nitrogens with zero attached hydrogens (tertiary/aromatic N) is 3. The van der Waals surface area contributed by atoms with Gasteiger partial charge in [-0.25, -0.2) is 4.98 Å². The normalized spacial score (nSPS) is 19.3. The van der Waals surface area contributed by atoms with E-state index in [1.165, 1.54) is 5.56 Å². The SMILES string of the molecule is Cc1nc(-c2ccc3c(c2)CCN3C(=O)CN(C)CC2CCCO2)cs1. The third kappa shape index (κ3) is 3.68. The second-order valence-corrected chi connectivity index (χ2v) is 8.28. The number of hydrogen-bond acceptors (Lipinski definition) is 5. The lowest BCUT2D eigenvalue weighted by Gasteiger charge is -2.24. The molecule has 1 amide bonds. The van der Waals surface area contributed by atoms with Crippen molar-refractivity contribution in [2.75, 3.05) is 38.2 Å². The van der Waals surface area contributed by atoms with Crippen molar-refractivity contribution in [3.05, 3.63) is 34.2 Å². The standard InChI is InChI=1S/C20H25N3O2S/c1-14-21-18(13-26-14)15-5-6-19-16(10-15)7-8-23(19)20(24)12-22(2)11-17-4-3-9-25-17/h5-6,10,13,17H,3-4,7-9,11-12H2,1-2H3. The highest BCUT2D eigenvalue weighted by Crippen LogP contribution is 2.32. The molecule has 3 heterocycles. The topological polar surface area (TPSA) is 45.7 Å². The smallest absolute Gasteiger partial charge is 0.241 e. The lowest BCUT2D eigenvalue weighted by atomic mass is 10.1. The van der Waals surface area contributed by atoms with Crippen LogP contribution in [0.5, 0.6) is 0 Å². The quantitative estimate of drug-likeness (QED) is 0.810. The van der Waals surface area contributed by atoms with Gasteiger partial charge in [-0.1, -0.05) is 6.07 Å². The summed E-state index contributed by atoms with van der Waals surface area (Å²) in [6.07, 6.45) is 3.42. The van der Waals surface area contributed by atoms with E-state index in [0.717, 1.165) is 60.9 Å². The monoisotopic (exact) mass is 371 g/mol. The summed E-state index contributed by atoms with van der Waals surface area (Å²) in [6, 6.07) is 6.34. The van der Waals surface area contributed by atoms with Crippen LogP contribution in [0.2, 0.25) is 0 Å². The van der Waals surface area contributed by atoms with Gasteiger partial charge in [0.15, 0.2) is 0 Å². The molecule has 0 saturated carbocycles. The van der Waals surface area contributed by atoms with E-state index in [-0.39, 0.29) is 12.0 Å². The zero-order valence-electron chi connectivity index (χ0n) is 15.4. The molecular formula is C20H25N3O2S. The van der Waals surface area contributed by atoms with Crippen molar-refractivity contribution >= 4 is 22.9 Å². The van der Waals surface area contributed by atoms with Crippen LogP contribution < -0.4 is 4.90 Å². The number of benzene rings is 1. The molecule has 1 atom stereocenters. The minimum absolute atomic E-state index is 0.168. The second-order valence-electron chi connectivity index (χ2n) is 7.22. The maximum absolute atomic E-state index is 12.8. The fourth-order valence-electron chi connectivity index (χ4n) is 3.83. The molecule has 0 spiro atoms. The first-order chi connectivity index (χ1) is 12.6. The Morgan fingerprint density at radius 3 is 3.08 bits per heavy atom. The number of carbonyl (C=O) groups is 1. The minimum Gasteiger partial charge on any atom is -0.377 e. The maximum Gasteiger partial charge on any atom is 0.241 e. The van der Waals surface area contributed by atoms with Crippen molar-refractivity contribution in [2.45, 2.75) is 32.3 Å². The van der Waals surface area contributed by atoms with E-state index >= 15 is 0 Å². The van der Waals surface area contributed by atoms with Crippen molar-refractivity contribution in [2.24, 2.45) is 0 Å². The lowest BCUT2D eigenvalue weighted by molar-refractivity contribution is -0.119. The predicted octanol–water partition coefficient (Wildman–Crippen LogP) is 3.12. The molecule has 2 aliphatic heterocycles. The molecular weight excluding hydrogens is 346 g/mol. The maximum atomic E-state index is 12.8. The summed E-state index contributed by atoms with van der Waals surface area (Å²) in [4.78, 5) is 21.4. The van der Waals surface area contributed by atoms with Crippen LogP contribution in [-0.2, 0) is 16.0 Å². The van der Waals surface area contributed by atoms with Gasteiger partial charge in [0, 0.05) is 36.3 Å². The van der Waals surface area contributed by atoms with Crippen LogP contribution in [0, 0.1) is 6.92 Å². The second kappa shape index (κ2) is 7.47. The molecule has 26 heavy (non-hydrogen) atoms. The van der Waals surface area contributed by atoms with Crippen LogP contribution in [0.15, 0.2) is 23.6 Å². The minimum atomic E-state index is 0.168. The van der Waals surface area contributed by atoms with Crippen LogP contribution in [0.25, 0.3) is 11.3 Å². The highest BCUT2D eigenvalue weighted by Gasteiger charge is 2.26. The van der Waals surface area contributed by atoms with Crippen LogP contribution >= 0.6 is 11.3 Å². The number of aryl methyl sites for hydroxylation is 1. The number of rotatable bonds is 5. The molecule has 138 valence electrons. The molecule has 0 radical (unpaired) electrons. The van der Waals surface area contributed by atoms with E-state index in [4.69, 9.17) is 4.74 Å². The summed E-state index contributed by atoms with van der Waals surface area (Å²) in [5.74, 6) is 0.168. The number of thiazole rings is 1. The van der Waals surface area contributed by atoms with Crippen molar-refractivity contribution in [1.29, 1.82) is 0 Å². The van der Waals surface area contributed by atoms with Gasteiger partial charge >= 0.3 is 0 Å². The molecule has 1 fully saturated rings. The molecule has 0 N–H and O–H groups in total. The zero-order chi connectivity index (χ0) is 18.1. The first kappa shape index (κ1) is 17.6. The summed E-state index contributed by atoms with van der Waals surface area (Å²) in [5.41, 5.74) is 4.45. The number of likely N-dealkylation sites (N-methyl/N-ethyl adjacent to an activating group) is 1. The number of aromatic nitrogens is 1. The van der Waals surface area contributed by atoms with Gasteiger partial charge in [-0.2, -0.15) is 0 Å². The summed E-state index contributed by atoms with van der Waals surface area (Å²) in [6.45, 7) is 4.91. The molecule has 1 aromatic heterocycles. The molecule has 1 aromatic carbocycles. The Morgan fingerprint density at radius 2 is 2.35 bits per heavy atom. The van der Waals surface area contributed by atoms with Gasteiger partial charge in [0.05, 0.1) is 23.4 Å². The van der Waals surface area contributed by atoms with Crippen LogP contribution in [0.3, 0.4) is 0 Å². The van der Waals surface area contributed by atoms with Gasteiger partial charge in [0.25, 0.3) is 0 Å². The number of hydrogen-bond donors (Lipinski definition) is 0. The predicted molar refractivity (Wildman–Crippen MR) is 105 cm³/mol. The summed E-state index contributed by atoms with van der Waals surface area (Å²) >= 11 is 1.67. The van der Waals surface area contributed by atoms with E-state index in [2.05, 4.69) is 33.5 Å². The van der Waals surface area contributed by atoms with Gasteiger partial charge < -0.3 is 9.64 Å². The molecule has 2 aliphatic rings. The third-order valence-corrected chi connectivity index (χ3v) is 5.91. The Labute approximate surface area is 158 Å². The fourth-order valence-corrected chi connectivity index (χ4v) is 4.45. The molecule has 0 aliphatic carbocycles.